The Bertz CT molecular complexity index is 1810. The minimum Gasteiger partial charge on any atom is -0.487 e. The molecule has 0 saturated heterocycles. The fraction of sp³-hybridized carbons (Fsp3) is 0.500. The van der Waals surface area contributed by atoms with Gasteiger partial charge in [-0.3, -0.25) is 24.0 Å². The van der Waals surface area contributed by atoms with Gasteiger partial charge in [0.15, 0.2) is 11.5 Å². The quantitative estimate of drug-likeness (QED) is 0.304. The van der Waals surface area contributed by atoms with Gasteiger partial charge in [-0.15, -0.1) is 0 Å². The van der Waals surface area contributed by atoms with E-state index < -0.39 is 46.1 Å². The molecule has 10 heteroatoms. The molecule has 0 radical (unpaired) electrons. The van der Waals surface area contributed by atoms with Crippen LogP contribution >= 0.6 is 0 Å². The van der Waals surface area contributed by atoms with Crippen LogP contribution in [0, 0.1) is 24.2 Å². The van der Waals surface area contributed by atoms with Crippen molar-refractivity contribution in [3.8, 4) is 23.0 Å². The molecule has 10 nitrogen and oxygen atoms in total. The molecule has 5 atom stereocenters. The minimum atomic E-state index is -1.07. The molecular weight excluding hydrogens is 616 g/mol. The van der Waals surface area contributed by atoms with Gasteiger partial charge in [0.1, 0.15) is 28.8 Å². The number of fused-ring (bicyclic) bond motifs is 4. The maximum absolute atomic E-state index is 13.0. The Morgan fingerprint density at radius 3 is 2.08 bits per heavy atom. The third kappa shape index (κ3) is 7.17. The minimum absolute atomic E-state index is 0.104. The van der Waals surface area contributed by atoms with Crippen molar-refractivity contribution in [2.24, 2.45) is 17.3 Å². The summed E-state index contributed by atoms with van der Waals surface area (Å²) in [5.74, 6) is -1.48. The zero-order valence-corrected chi connectivity index (χ0v) is 28.9. The molecular formula is C38H44O10. The van der Waals surface area contributed by atoms with Crippen molar-refractivity contribution in [3.63, 3.8) is 0 Å². The van der Waals surface area contributed by atoms with Gasteiger partial charge in [0.2, 0.25) is 10.9 Å². The molecule has 0 aromatic heterocycles. The van der Waals surface area contributed by atoms with Crippen LogP contribution in [0.1, 0.15) is 84.4 Å². The van der Waals surface area contributed by atoms with Crippen LogP contribution in [0.5, 0.6) is 23.0 Å². The SMILES string of the molecule is CC(=O)Oc1cc2c(ccc1=O)C[C@H]1CC(C)(C)/C=C/C[C@]3(C)Oc4cc(OC(C)=O)c(=O)cc(C)c4C[C@H]3C[C@H](OC(C)=O)[C@@]1(C)O2. The molecule has 0 amide bonds. The number of carbonyl (C=O) groups excluding carboxylic acids is 3. The van der Waals surface area contributed by atoms with Gasteiger partial charge in [0, 0.05) is 51.2 Å². The zero-order chi connectivity index (χ0) is 35.2. The highest BCUT2D eigenvalue weighted by Crippen LogP contribution is 2.50. The molecule has 0 spiro atoms. The number of hydrogen-bond donors (Lipinski definition) is 0. The summed E-state index contributed by atoms with van der Waals surface area (Å²) in [5.41, 5.74) is -0.813. The normalized spacial score (nSPS) is 27.8. The average Bonchev–Trinajstić information content (AvgIpc) is 3.16. The lowest BCUT2D eigenvalue weighted by atomic mass is 9.68. The van der Waals surface area contributed by atoms with Crippen LogP contribution in [-0.4, -0.2) is 35.2 Å². The van der Waals surface area contributed by atoms with E-state index in [2.05, 4.69) is 26.0 Å². The van der Waals surface area contributed by atoms with Crippen LogP contribution in [0.4, 0.5) is 0 Å². The predicted octanol–water partition coefficient (Wildman–Crippen LogP) is 5.58. The lowest BCUT2D eigenvalue weighted by Gasteiger charge is -2.50. The van der Waals surface area contributed by atoms with Gasteiger partial charge in [-0.25, -0.2) is 0 Å². The van der Waals surface area contributed by atoms with Crippen LogP contribution in [0.3, 0.4) is 0 Å². The third-order valence-corrected chi connectivity index (χ3v) is 9.97. The molecule has 3 aliphatic rings. The zero-order valence-electron chi connectivity index (χ0n) is 28.9. The lowest BCUT2D eigenvalue weighted by molar-refractivity contribution is -0.172. The van der Waals surface area contributed by atoms with E-state index in [0.717, 1.165) is 11.1 Å². The molecule has 0 bridgehead atoms. The number of ether oxygens (including phenoxy) is 5. The van der Waals surface area contributed by atoms with E-state index in [1.165, 1.54) is 45.0 Å². The first-order chi connectivity index (χ1) is 22.4. The summed E-state index contributed by atoms with van der Waals surface area (Å²) >= 11 is 0. The van der Waals surface area contributed by atoms with Crippen molar-refractivity contribution in [2.45, 2.75) is 105 Å². The summed E-state index contributed by atoms with van der Waals surface area (Å²) in [6, 6.07) is 7.49. The van der Waals surface area contributed by atoms with Gasteiger partial charge < -0.3 is 23.7 Å². The maximum Gasteiger partial charge on any atom is 0.308 e. The molecule has 0 N–H and O–H groups in total. The first kappa shape index (κ1) is 34.9. The fourth-order valence-corrected chi connectivity index (χ4v) is 7.44. The Morgan fingerprint density at radius 2 is 1.44 bits per heavy atom. The summed E-state index contributed by atoms with van der Waals surface area (Å²) in [4.78, 5) is 62.2. The molecule has 2 aliphatic heterocycles. The largest absolute Gasteiger partial charge is 0.487 e. The van der Waals surface area contributed by atoms with E-state index >= 15 is 0 Å². The van der Waals surface area contributed by atoms with Crippen molar-refractivity contribution < 1.29 is 38.1 Å². The van der Waals surface area contributed by atoms with Crippen molar-refractivity contribution >= 4 is 17.9 Å². The Morgan fingerprint density at radius 1 is 0.792 bits per heavy atom. The van der Waals surface area contributed by atoms with E-state index in [4.69, 9.17) is 23.7 Å². The Balaban J connectivity index is 1.67. The first-order valence-corrected chi connectivity index (χ1v) is 16.3. The summed E-state index contributed by atoms with van der Waals surface area (Å²) in [5, 5.41) is 0. The summed E-state index contributed by atoms with van der Waals surface area (Å²) in [7, 11) is 0. The second-order valence-electron chi connectivity index (χ2n) is 14.5. The summed E-state index contributed by atoms with van der Waals surface area (Å²) in [6.07, 6.45) is 6.10. The third-order valence-electron chi connectivity index (χ3n) is 9.97. The van der Waals surface area contributed by atoms with E-state index in [1.54, 1.807) is 6.07 Å². The molecule has 2 aromatic rings. The number of allylic oxidation sites excluding steroid dienone is 1. The van der Waals surface area contributed by atoms with Gasteiger partial charge >= 0.3 is 17.9 Å². The predicted molar refractivity (Wildman–Crippen MR) is 178 cm³/mol. The molecule has 0 saturated carbocycles. The van der Waals surface area contributed by atoms with E-state index in [-0.39, 0.29) is 28.7 Å². The van der Waals surface area contributed by atoms with E-state index in [9.17, 15) is 24.0 Å². The highest BCUT2D eigenvalue weighted by Gasteiger charge is 2.53. The number of esters is 3. The molecule has 0 unspecified atom stereocenters. The topological polar surface area (TPSA) is 132 Å². The molecule has 48 heavy (non-hydrogen) atoms. The van der Waals surface area contributed by atoms with Crippen molar-refractivity contribution in [2.75, 3.05) is 0 Å². The average molecular weight is 661 g/mol. The Kier molecular flexibility index (Phi) is 9.34. The fourth-order valence-electron chi connectivity index (χ4n) is 7.44. The highest BCUT2D eigenvalue weighted by molar-refractivity contribution is 5.70. The van der Waals surface area contributed by atoms with Crippen molar-refractivity contribution in [1.29, 1.82) is 0 Å². The van der Waals surface area contributed by atoms with Gasteiger partial charge in [-0.05, 0) is 80.7 Å². The number of carbonyl (C=O) groups is 3. The first-order valence-electron chi connectivity index (χ1n) is 16.3. The van der Waals surface area contributed by atoms with Gasteiger partial charge in [0.05, 0.1) is 0 Å². The number of rotatable bonds is 3. The van der Waals surface area contributed by atoms with Crippen molar-refractivity contribution in [3.05, 3.63) is 79.6 Å². The second kappa shape index (κ2) is 12.9. The van der Waals surface area contributed by atoms with Crippen LogP contribution in [0.2, 0.25) is 0 Å². The van der Waals surface area contributed by atoms with Crippen LogP contribution < -0.4 is 29.8 Å². The van der Waals surface area contributed by atoms with E-state index in [1.807, 2.05) is 20.8 Å². The van der Waals surface area contributed by atoms with Gasteiger partial charge in [0.25, 0.3) is 0 Å². The molecule has 1 aliphatic carbocycles. The Hall–Kier alpha value is -4.47. The van der Waals surface area contributed by atoms with E-state index in [0.29, 0.717) is 49.2 Å². The number of aryl methyl sites for hydroxylation is 1. The monoisotopic (exact) mass is 660 g/mol. The van der Waals surface area contributed by atoms with Gasteiger partial charge in [-0.2, -0.15) is 0 Å². The summed E-state index contributed by atoms with van der Waals surface area (Å²) in [6.45, 7) is 13.9. The molecule has 2 aromatic carbocycles. The highest BCUT2D eigenvalue weighted by atomic mass is 16.6. The smallest absolute Gasteiger partial charge is 0.308 e. The van der Waals surface area contributed by atoms with Crippen LogP contribution in [-0.2, 0) is 32.0 Å². The van der Waals surface area contributed by atoms with Crippen molar-refractivity contribution in [1.82, 2.24) is 0 Å². The van der Waals surface area contributed by atoms with Crippen LogP contribution in [0.25, 0.3) is 0 Å². The van der Waals surface area contributed by atoms with Gasteiger partial charge in [-0.1, -0.05) is 32.1 Å². The molecule has 256 valence electrons. The van der Waals surface area contributed by atoms with Crippen LogP contribution in [0.15, 0.2) is 52.1 Å². The second-order valence-corrected chi connectivity index (χ2v) is 14.5. The Labute approximate surface area is 280 Å². The maximum atomic E-state index is 13.0. The molecule has 5 rings (SSSR count). The molecule has 0 fully saturated rings. The standard InChI is InChI=1S/C38H44O10/c1-21-14-30(43)34(45-23(3)40)19-32-28(21)16-26-17-35(46-24(4)41)38(8)27(20-36(5,6)12-9-13-37(26,7)47-32)15-25-10-11-29(42)33(44-22(2)39)18-31(25)48-38/h9-12,14,18-19,26-27,35H,13,15-17,20H2,1-8H3/b12-9+/t26-,27-,35-,37-,38-/m0/s1. The number of hydrogen-bond acceptors (Lipinski definition) is 10. The molecule has 2 heterocycles. The lowest BCUT2D eigenvalue weighted by Crippen LogP contribution is -2.58. The summed E-state index contributed by atoms with van der Waals surface area (Å²) < 4.78 is 30.3.